The molecule has 0 aliphatic carbocycles. The molecule has 0 aromatic rings. The van der Waals surface area contributed by atoms with Gasteiger partial charge in [0, 0.05) is 14.8 Å². The van der Waals surface area contributed by atoms with E-state index in [1.54, 1.807) is 5.57 Å². The lowest BCUT2D eigenvalue weighted by atomic mass is 10.1. The van der Waals surface area contributed by atoms with Crippen molar-refractivity contribution in [1.29, 1.82) is 0 Å². The molecule has 1 rings (SSSR count). The number of nitrogens with zero attached hydrogens (tertiary/aromatic N) is 1. The highest BCUT2D eigenvalue weighted by molar-refractivity contribution is 6.59. The largest absolute Gasteiger partial charge is 0.297 e. The van der Waals surface area contributed by atoms with Gasteiger partial charge >= 0.3 is 0 Å². The number of hydrogen-bond donors (Lipinski definition) is 0. The molecule has 0 spiro atoms. The SMILES string of the molecule is C/C=C(/C[SiH](CCC)CCC)C(C)N1CCCCCCCCCCCC1. The Balaban J connectivity index is 2.64. The lowest BCUT2D eigenvalue weighted by Crippen LogP contribution is -2.37. The Kier molecular flexibility index (Phi) is 14.7. The van der Waals surface area contributed by atoms with E-state index in [1.165, 1.54) is 108 Å². The van der Waals surface area contributed by atoms with Crippen LogP contribution in [0.4, 0.5) is 0 Å². The highest BCUT2D eigenvalue weighted by Crippen LogP contribution is 2.23. The lowest BCUT2D eigenvalue weighted by Gasteiger charge is -2.32. The van der Waals surface area contributed by atoms with Crippen LogP contribution in [-0.4, -0.2) is 32.8 Å². The van der Waals surface area contributed by atoms with Crippen molar-refractivity contribution in [1.82, 2.24) is 4.90 Å². The Labute approximate surface area is 167 Å². The van der Waals surface area contributed by atoms with Gasteiger partial charge in [-0.3, -0.25) is 4.90 Å². The monoisotopic (exact) mass is 379 g/mol. The Morgan fingerprint density at radius 3 is 1.62 bits per heavy atom. The second kappa shape index (κ2) is 15.9. The first-order valence-corrected chi connectivity index (χ1v) is 14.6. The molecule has 0 saturated carbocycles. The summed E-state index contributed by atoms with van der Waals surface area (Å²) in [7, 11) is -0.570. The van der Waals surface area contributed by atoms with Crippen molar-refractivity contribution < 1.29 is 0 Å². The van der Waals surface area contributed by atoms with Crippen LogP contribution in [0.3, 0.4) is 0 Å². The number of hydrogen-bond acceptors (Lipinski definition) is 1. The van der Waals surface area contributed by atoms with Gasteiger partial charge in [-0.15, -0.1) is 0 Å². The third-order valence-electron chi connectivity index (χ3n) is 6.51. The molecule has 1 nitrogen and oxygen atoms in total. The van der Waals surface area contributed by atoms with Crippen molar-refractivity contribution in [3.05, 3.63) is 11.6 Å². The summed E-state index contributed by atoms with van der Waals surface area (Å²) in [5, 5.41) is 0. The first kappa shape index (κ1) is 24.0. The van der Waals surface area contributed by atoms with Gasteiger partial charge < -0.3 is 0 Å². The van der Waals surface area contributed by atoms with Crippen molar-refractivity contribution in [2.75, 3.05) is 13.1 Å². The van der Waals surface area contributed by atoms with Gasteiger partial charge in [0.2, 0.25) is 0 Å². The number of rotatable bonds is 8. The maximum absolute atomic E-state index is 2.84. The molecule has 0 aromatic heterocycles. The topological polar surface area (TPSA) is 3.24 Å². The highest BCUT2D eigenvalue weighted by atomic mass is 28.3. The van der Waals surface area contributed by atoms with Crippen molar-refractivity contribution in [3.8, 4) is 0 Å². The van der Waals surface area contributed by atoms with Crippen molar-refractivity contribution in [2.24, 2.45) is 0 Å². The molecule has 0 bridgehead atoms. The zero-order valence-electron chi connectivity index (χ0n) is 18.7. The minimum Gasteiger partial charge on any atom is -0.297 e. The summed E-state index contributed by atoms with van der Waals surface area (Å²) in [6.45, 7) is 12.2. The van der Waals surface area contributed by atoms with E-state index in [0.29, 0.717) is 6.04 Å². The molecule has 1 aliphatic heterocycles. The molecule has 1 fully saturated rings. The normalized spacial score (nSPS) is 21.0. The van der Waals surface area contributed by atoms with Gasteiger partial charge in [-0.05, 0) is 45.8 Å². The maximum Gasteiger partial charge on any atom is 0.0409 e. The van der Waals surface area contributed by atoms with Crippen LogP contribution in [0.1, 0.15) is 105 Å². The lowest BCUT2D eigenvalue weighted by molar-refractivity contribution is 0.222. The third-order valence-corrected chi connectivity index (χ3v) is 10.4. The van der Waals surface area contributed by atoms with E-state index >= 15 is 0 Å². The van der Waals surface area contributed by atoms with Crippen molar-refractivity contribution >= 4 is 8.80 Å². The van der Waals surface area contributed by atoms with E-state index in [0.717, 1.165) is 0 Å². The van der Waals surface area contributed by atoms with Crippen LogP contribution in [0, 0.1) is 0 Å². The molecular weight excluding hydrogens is 330 g/mol. The van der Waals surface area contributed by atoms with E-state index in [1.807, 2.05) is 0 Å². The zero-order chi connectivity index (χ0) is 19.0. The predicted octanol–water partition coefficient (Wildman–Crippen LogP) is 7.58. The molecule has 154 valence electrons. The number of allylic oxidation sites excluding steroid dienone is 1. The van der Waals surface area contributed by atoms with Gasteiger partial charge in [-0.2, -0.15) is 0 Å². The Bertz CT molecular complexity index is 332. The van der Waals surface area contributed by atoms with Crippen LogP contribution in [0.25, 0.3) is 0 Å². The fraction of sp³-hybridized carbons (Fsp3) is 0.917. The molecule has 1 unspecified atom stereocenters. The molecule has 0 aromatic carbocycles. The molecule has 2 heteroatoms. The van der Waals surface area contributed by atoms with E-state index in [-0.39, 0.29) is 0 Å². The molecule has 0 N–H and O–H groups in total. The first-order valence-electron chi connectivity index (χ1n) is 12.1. The van der Waals surface area contributed by atoms with Gasteiger partial charge in [-0.1, -0.05) is 102 Å². The minimum absolute atomic E-state index is 0.570. The van der Waals surface area contributed by atoms with Gasteiger partial charge in [0.15, 0.2) is 0 Å². The summed E-state index contributed by atoms with van der Waals surface area (Å²) >= 11 is 0. The van der Waals surface area contributed by atoms with E-state index < -0.39 is 8.80 Å². The fourth-order valence-corrected chi connectivity index (χ4v) is 8.38. The highest BCUT2D eigenvalue weighted by Gasteiger charge is 2.20. The second-order valence-electron chi connectivity index (χ2n) is 8.76. The molecule has 1 aliphatic rings. The van der Waals surface area contributed by atoms with Gasteiger partial charge in [0.05, 0.1) is 0 Å². The summed E-state index contributed by atoms with van der Waals surface area (Å²) in [5.74, 6) is 0. The second-order valence-corrected chi connectivity index (χ2v) is 12.1. The predicted molar refractivity (Wildman–Crippen MR) is 123 cm³/mol. The van der Waals surface area contributed by atoms with Crippen LogP contribution < -0.4 is 0 Å². The van der Waals surface area contributed by atoms with Crippen LogP contribution in [0.2, 0.25) is 18.1 Å². The summed E-state index contributed by atoms with van der Waals surface area (Å²) in [4.78, 5) is 2.84. The van der Waals surface area contributed by atoms with Crippen LogP contribution >= 0.6 is 0 Å². The molecule has 0 amide bonds. The standard InChI is InChI=1S/C24H49NSi/c1-5-20-26(21-6-2)22-24(7-3)23(4)25-18-16-14-12-10-8-9-11-13-15-17-19-25/h7,23,26H,5-6,8-22H2,1-4H3/b24-7-. The van der Waals surface area contributed by atoms with Crippen LogP contribution in [0.5, 0.6) is 0 Å². The summed E-state index contributed by atoms with van der Waals surface area (Å²) < 4.78 is 0. The third kappa shape index (κ3) is 10.3. The molecule has 1 saturated heterocycles. The van der Waals surface area contributed by atoms with Crippen LogP contribution in [-0.2, 0) is 0 Å². The average molecular weight is 380 g/mol. The van der Waals surface area contributed by atoms with E-state index in [2.05, 4.69) is 38.7 Å². The fourth-order valence-electron chi connectivity index (χ4n) is 4.81. The Morgan fingerprint density at radius 2 is 1.23 bits per heavy atom. The van der Waals surface area contributed by atoms with Crippen molar-refractivity contribution in [3.63, 3.8) is 0 Å². The zero-order valence-corrected chi connectivity index (χ0v) is 19.9. The van der Waals surface area contributed by atoms with Gasteiger partial charge in [0.25, 0.3) is 0 Å². The van der Waals surface area contributed by atoms with Crippen molar-refractivity contribution in [2.45, 2.75) is 129 Å². The summed E-state index contributed by atoms with van der Waals surface area (Å²) in [6.07, 6.45) is 19.8. The van der Waals surface area contributed by atoms with Gasteiger partial charge in [-0.25, -0.2) is 0 Å². The Morgan fingerprint density at radius 1 is 0.808 bits per heavy atom. The minimum atomic E-state index is -0.570. The van der Waals surface area contributed by atoms with E-state index in [9.17, 15) is 0 Å². The maximum atomic E-state index is 2.84. The summed E-state index contributed by atoms with van der Waals surface area (Å²) in [6, 6.07) is 5.22. The Hall–Kier alpha value is -0.0831. The quantitative estimate of drug-likeness (QED) is 0.310. The molecule has 0 radical (unpaired) electrons. The first-order chi connectivity index (χ1) is 12.7. The van der Waals surface area contributed by atoms with E-state index in [4.69, 9.17) is 0 Å². The smallest absolute Gasteiger partial charge is 0.0409 e. The van der Waals surface area contributed by atoms with Gasteiger partial charge in [0.1, 0.15) is 0 Å². The molecular formula is C24H49NSi. The molecule has 1 heterocycles. The average Bonchev–Trinajstić information content (AvgIpc) is 2.67. The summed E-state index contributed by atoms with van der Waals surface area (Å²) in [5.41, 5.74) is 1.77. The molecule has 1 atom stereocenters. The molecule has 26 heavy (non-hydrogen) atoms. The van der Waals surface area contributed by atoms with Crippen LogP contribution in [0.15, 0.2) is 11.6 Å².